The molecule has 1 heterocycles. The van der Waals surface area contributed by atoms with Gasteiger partial charge in [-0.3, -0.25) is 0 Å². The molecule has 0 saturated carbocycles. The number of nitrogens with two attached hydrogens (primary N) is 1. The van der Waals surface area contributed by atoms with Gasteiger partial charge in [0.25, 0.3) is 0 Å². The highest BCUT2D eigenvalue weighted by Crippen LogP contribution is 2.17. The minimum atomic E-state index is -0.0545. The smallest absolute Gasteiger partial charge is 0.192 e. The van der Waals surface area contributed by atoms with Gasteiger partial charge in [-0.15, -0.1) is 0 Å². The number of hydrogen-bond acceptors (Lipinski definition) is 6. The maximum absolute atomic E-state index is 8.76. The van der Waals surface area contributed by atoms with Crippen LogP contribution in [0.3, 0.4) is 0 Å². The van der Waals surface area contributed by atoms with Gasteiger partial charge in [0.2, 0.25) is 0 Å². The van der Waals surface area contributed by atoms with Gasteiger partial charge in [0.05, 0.1) is 6.61 Å². The van der Waals surface area contributed by atoms with Crippen molar-refractivity contribution in [2.75, 3.05) is 25.2 Å². The fourth-order valence-corrected chi connectivity index (χ4v) is 1.57. The van der Waals surface area contributed by atoms with Crippen molar-refractivity contribution in [2.45, 2.75) is 19.9 Å². The van der Waals surface area contributed by atoms with Gasteiger partial charge in [0, 0.05) is 32.1 Å². The predicted molar refractivity (Wildman–Crippen MR) is 68.9 cm³/mol. The van der Waals surface area contributed by atoms with E-state index in [0.717, 1.165) is 0 Å². The van der Waals surface area contributed by atoms with E-state index in [-0.39, 0.29) is 11.9 Å². The summed E-state index contributed by atoms with van der Waals surface area (Å²) in [4.78, 5) is 10.3. The number of oxime groups is 1. The summed E-state index contributed by atoms with van der Waals surface area (Å²) in [5, 5.41) is 11.7. The number of ether oxygens (including phenoxy) is 1. The average molecular weight is 253 g/mol. The number of methoxy groups -OCH3 is 1. The third-order valence-corrected chi connectivity index (χ3v) is 2.46. The fraction of sp³-hybridized carbons (Fsp3) is 0.545. The lowest BCUT2D eigenvalue weighted by molar-refractivity contribution is 0.203. The molecule has 0 aliphatic rings. The van der Waals surface area contributed by atoms with Crippen molar-refractivity contribution < 1.29 is 9.94 Å². The standard InChI is InChI=1S/C11H19N5O2/c1-8(2)16(6-7-18-3)11-9(10(12)15-17)13-4-5-14-11/h4-5,8,17H,6-7H2,1-3H3,(H2,12,15). The Balaban J connectivity index is 3.11. The molecule has 0 atom stereocenters. The van der Waals surface area contributed by atoms with E-state index in [9.17, 15) is 0 Å². The number of rotatable bonds is 6. The number of anilines is 1. The minimum Gasteiger partial charge on any atom is -0.409 e. The Morgan fingerprint density at radius 2 is 2.17 bits per heavy atom. The van der Waals surface area contributed by atoms with Crippen LogP contribution in [0.15, 0.2) is 17.5 Å². The zero-order valence-electron chi connectivity index (χ0n) is 10.9. The average Bonchev–Trinajstić information content (AvgIpc) is 2.38. The van der Waals surface area contributed by atoms with Gasteiger partial charge in [0.15, 0.2) is 17.3 Å². The molecule has 0 spiro atoms. The van der Waals surface area contributed by atoms with Crippen molar-refractivity contribution in [2.24, 2.45) is 10.9 Å². The molecule has 0 amide bonds. The van der Waals surface area contributed by atoms with Crippen LogP contribution in [-0.4, -0.2) is 47.3 Å². The third-order valence-electron chi connectivity index (χ3n) is 2.46. The maximum atomic E-state index is 8.76. The van der Waals surface area contributed by atoms with Crippen LogP contribution in [0.4, 0.5) is 5.82 Å². The first-order valence-corrected chi connectivity index (χ1v) is 5.66. The van der Waals surface area contributed by atoms with Gasteiger partial charge in [-0.1, -0.05) is 5.16 Å². The Labute approximate surface area is 106 Å². The molecule has 0 fully saturated rings. The second kappa shape index (κ2) is 6.75. The summed E-state index contributed by atoms with van der Waals surface area (Å²) < 4.78 is 5.07. The molecule has 0 saturated heterocycles. The van der Waals surface area contributed by atoms with Crippen molar-refractivity contribution >= 4 is 11.7 Å². The summed E-state index contributed by atoms with van der Waals surface area (Å²) in [6, 6.07) is 0.196. The summed E-state index contributed by atoms with van der Waals surface area (Å²) in [6.45, 7) is 5.27. The van der Waals surface area contributed by atoms with Crippen molar-refractivity contribution in [3.8, 4) is 0 Å². The van der Waals surface area contributed by atoms with Crippen molar-refractivity contribution in [1.29, 1.82) is 0 Å². The second-order valence-corrected chi connectivity index (χ2v) is 3.99. The van der Waals surface area contributed by atoms with Crippen LogP contribution < -0.4 is 10.6 Å². The molecule has 0 aromatic carbocycles. The molecular weight excluding hydrogens is 234 g/mol. The molecule has 7 heteroatoms. The summed E-state index contributed by atoms with van der Waals surface area (Å²) in [6.07, 6.45) is 3.08. The lowest BCUT2D eigenvalue weighted by atomic mass is 10.2. The fourth-order valence-electron chi connectivity index (χ4n) is 1.57. The third kappa shape index (κ3) is 3.30. The van der Waals surface area contributed by atoms with E-state index >= 15 is 0 Å². The van der Waals surface area contributed by atoms with Gasteiger partial charge in [0.1, 0.15) is 0 Å². The molecule has 1 aromatic rings. The van der Waals surface area contributed by atoms with E-state index in [2.05, 4.69) is 15.1 Å². The monoisotopic (exact) mass is 253 g/mol. The second-order valence-electron chi connectivity index (χ2n) is 3.99. The molecule has 0 bridgehead atoms. The van der Waals surface area contributed by atoms with Gasteiger partial charge in [-0.05, 0) is 13.8 Å². The first kappa shape index (κ1) is 14.2. The predicted octanol–water partition coefficient (Wildman–Crippen LogP) is 0.432. The number of nitrogens with zero attached hydrogens (tertiary/aromatic N) is 4. The molecule has 0 aliphatic carbocycles. The van der Waals surface area contributed by atoms with Crippen molar-refractivity contribution in [1.82, 2.24) is 9.97 Å². The molecule has 0 radical (unpaired) electrons. The molecule has 1 rings (SSSR count). The zero-order chi connectivity index (χ0) is 13.5. The molecule has 0 unspecified atom stereocenters. The summed E-state index contributed by atoms with van der Waals surface area (Å²) in [5.41, 5.74) is 5.97. The Morgan fingerprint density at radius 1 is 1.50 bits per heavy atom. The van der Waals surface area contributed by atoms with Crippen LogP contribution in [0.5, 0.6) is 0 Å². The molecule has 18 heavy (non-hydrogen) atoms. The highest BCUT2D eigenvalue weighted by Gasteiger charge is 2.18. The lowest BCUT2D eigenvalue weighted by Crippen LogP contribution is -2.36. The lowest BCUT2D eigenvalue weighted by Gasteiger charge is -2.28. The first-order chi connectivity index (χ1) is 8.61. The van der Waals surface area contributed by atoms with Gasteiger partial charge in [-0.2, -0.15) is 0 Å². The van der Waals surface area contributed by atoms with E-state index in [1.165, 1.54) is 6.20 Å². The summed E-state index contributed by atoms with van der Waals surface area (Å²) in [5.74, 6) is 0.529. The van der Waals surface area contributed by atoms with Crippen LogP contribution in [0, 0.1) is 0 Å². The topological polar surface area (TPSA) is 96.9 Å². The normalized spacial score (nSPS) is 11.9. The molecule has 100 valence electrons. The van der Waals surface area contributed by atoms with E-state index in [1.54, 1.807) is 13.3 Å². The van der Waals surface area contributed by atoms with Crippen LogP contribution in [0.2, 0.25) is 0 Å². The summed E-state index contributed by atoms with van der Waals surface area (Å²) in [7, 11) is 1.64. The van der Waals surface area contributed by atoms with Gasteiger partial charge >= 0.3 is 0 Å². The van der Waals surface area contributed by atoms with Crippen LogP contribution in [-0.2, 0) is 4.74 Å². The first-order valence-electron chi connectivity index (χ1n) is 5.66. The largest absolute Gasteiger partial charge is 0.409 e. The SMILES string of the molecule is COCCN(c1nccnc1C(N)=NO)C(C)C. The Bertz CT molecular complexity index is 408. The highest BCUT2D eigenvalue weighted by molar-refractivity contribution is 5.99. The Morgan fingerprint density at radius 3 is 2.72 bits per heavy atom. The zero-order valence-corrected chi connectivity index (χ0v) is 10.9. The Kier molecular flexibility index (Phi) is 5.31. The number of aromatic nitrogens is 2. The van der Waals surface area contributed by atoms with Gasteiger partial charge < -0.3 is 20.6 Å². The van der Waals surface area contributed by atoms with Crippen LogP contribution in [0.1, 0.15) is 19.5 Å². The maximum Gasteiger partial charge on any atom is 0.192 e. The minimum absolute atomic E-state index is 0.0545. The van der Waals surface area contributed by atoms with Crippen LogP contribution >= 0.6 is 0 Å². The molecule has 1 aromatic heterocycles. The molecule has 3 N–H and O–H groups in total. The molecule has 7 nitrogen and oxygen atoms in total. The quantitative estimate of drug-likeness (QED) is 0.330. The number of amidine groups is 1. The van der Waals surface area contributed by atoms with Crippen molar-refractivity contribution in [3.63, 3.8) is 0 Å². The Hall–Kier alpha value is -1.89. The highest BCUT2D eigenvalue weighted by atomic mass is 16.5. The van der Waals surface area contributed by atoms with Crippen molar-refractivity contribution in [3.05, 3.63) is 18.1 Å². The van der Waals surface area contributed by atoms with E-state index in [0.29, 0.717) is 24.7 Å². The van der Waals surface area contributed by atoms with Crippen LogP contribution in [0.25, 0.3) is 0 Å². The molecule has 0 aliphatic heterocycles. The van der Waals surface area contributed by atoms with E-state index in [1.807, 2.05) is 18.7 Å². The van der Waals surface area contributed by atoms with Gasteiger partial charge in [-0.25, -0.2) is 9.97 Å². The summed E-state index contributed by atoms with van der Waals surface area (Å²) >= 11 is 0. The van der Waals surface area contributed by atoms with E-state index < -0.39 is 0 Å². The molecular formula is C11H19N5O2. The van der Waals surface area contributed by atoms with E-state index in [4.69, 9.17) is 15.7 Å². The number of hydrogen-bond donors (Lipinski definition) is 2.